The number of nitrogens with one attached hydrogen (secondary N) is 4. The molecule has 0 aliphatic carbocycles. The van der Waals surface area contributed by atoms with Gasteiger partial charge in [-0.1, -0.05) is 24.3 Å². The maximum absolute atomic E-state index is 12.5. The summed E-state index contributed by atoms with van der Waals surface area (Å²) in [4.78, 5) is 93.4. The second-order valence-electron chi connectivity index (χ2n) is 16.0. The first kappa shape index (κ1) is 65.4. The molecular weight excluding hydrogens is 954 g/mol. The normalized spacial score (nSPS) is 16.0. The maximum atomic E-state index is 12.5. The average Bonchev–Trinajstić information content (AvgIpc) is 3.24. The van der Waals surface area contributed by atoms with Gasteiger partial charge in [-0.15, -0.1) is 0 Å². The predicted molar refractivity (Wildman–Crippen MR) is 250 cm³/mol. The van der Waals surface area contributed by atoms with Gasteiger partial charge >= 0.3 is 27.6 Å². The van der Waals surface area contributed by atoms with E-state index in [2.05, 4.69) is 21.3 Å². The molecule has 69 heavy (non-hydrogen) atoms. The Balaban J connectivity index is 4.71. The van der Waals surface area contributed by atoms with Gasteiger partial charge in [0.15, 0.2) is 0 Å². The van der Waals surface area contributed by atoms with Crippen molar-refractivity contribution in [2.45, 2.75) is 149 Å². The lowest BCUT2D eigenvalue weighted by Gasteiger charge is -2.21. The van der Waals surface area contributed by atoms with Gasteiger partial charge in [0, 0.05) is 38.8 Å². The molecule has 8 atom stereocenters. The van der Waals surface area contributed by atoms with E-state index in [0.717, 1.165) is 12.8 Å². The number of aliphatic hydroxyl groups is 2. The minimum atomic E-state index is -4.73. The number of phosphoric ester groups is 2. The maximum Gasteiger partial charge on any atom is 0.472 e. The van der Waals surface area contributed by atoms with E-state index in [1.165, 1.54) is 13.8 Å². The summed E-state index contributed by atoms with van der Waals surface area (Å²) in [7, 11) is -9.46. The van der Waals surface area contributed by atoms with Crippen LogP contribution in [-0.2, 0) is 74.9 Å². The largest absolute Gasteiger partial charge is 0.472 e. The Morgan fingerprint density at radius 3 is 1.28 bits per heavy atom. The molecule has 0 radical (unpaired) electrons. The number of allylic oxidation sites excluding steroid dienone is 4. The number of phosphoric acid groups is 2. The zero-order valence-corrected chi connectivity index (χ0v) is 42.6. The second kappa shape index (κ2) is 39.0. The molecule has 0 saturated carbocycles. The first-order chi connectivity index (χ1) is 32.6. The molecule has 0 aromatic heterocycles. The summed E-state index contributed by atoms with van der Waals surface area (Å²) < 4.78 is 66.7. The monoisotopic (exact) mass is 1030 g/mol. The van der Waals surface area contributed by atoms with Crippen LogP contribution in [0.3, 0.4) is 0 Å². The topological polar surface area (TPSA) is 339 Å². The van der Waals surface area contributed by atoms with E-state index in [4.69, 9.17) is 37.0 Å². The van der Waals surface area contributed by atoms with Crippen LogP contribution < -0.4 is 21.3 Å². The minimum absolute atomic E-state index is 0.116. The molecule has 400 valence electrons. The van der Waals surface area contributed by atoms with Crippen molar-refractivity contribution in [2.24, 2.45) is 0 Å². The summed E-state index contributed by atoms with van der Waals surface area (Å²) in [5.74, 6) is -3.43. The third-order valence-electron chi connectivity index (χ3n) is 8.86. The fraction of sp³-hybridized carbons (Fsp3) is 0.767. The Bertz CT molecular complexity index is 1540. The molecule has 4 amide bonds. The van der Waals surface area contributed by atoms with Crippen molar-refractivity contribution in [3.8, 4) is 0 Å². The molecule has 24 nitrogen and oxygen atoms in total. The van der Waals surface area contributed by atoms with Gasteiger partial charge in [-0.05, 0) is 67.2 Å². The van der Waals surface area contributed by atoms with E-state index in [0.29, 0.717) is 25.7 Å². The van der Waals surface area contributed by atoms with E-state index in [-0.39, 0.29) is 77.1 Å². The molecule has 0 rings (SSSR count). The highest BCUT2D eigenvalue weighted by atomic mass is 31.2. The van der Waals surface area contributed by atoms with Crippen LogP contribution in [0.25, 0.3) is 0 Å². The third kappa shape index (κ3) is 40.8. The fourth-order valence-corrected chi connectivity index (χ4v) is 7.02. The molecule has 0 aromatic rings. The van der Waals surface area contributed by atoms with Crippen molar-refractivity contribution in [3.63, 3.8) is 0 Å². The van der Waals surface area contributed by atoms with Crippen LogP contribution in [0.1, 0.15) is 112 Å². The van der Waals surface area contributed by atoms with Crippen LogP contribution >= 0.6 is 15.6 Å². The lowest BCUT2D eigenvalue weighted by molar-refractivity contribution is -0.150. The van der Waals surface area contributed by atoms with Crippen LogP contribution in [0.2, 0.25) is 0 Å². The molecule has 0 spiro atoms. The van der Waals surface area contributed by atoms with Crippen LogP contribution in [0, 0.1) is 0 Å². The van der Waals surface area contributed by atoms with Crippen LogP contribution in [0.4, 0.5) is 0 Å². The van der Waals surface area contributed by atoms with Crippen molar-refractivity contribution >= 4 is 51.2 Å². The lowest BCUT2D eigenvalue weighted by Crippen LogP contribution is -2.42. The SMILES string of the molecule is C/C=C\CCCC(=O)O[C@H](C)CCOCC(COP(=O)(O)OCCNC(=O)CC(=O)NCCOP(=O)(O)OCC(COCC[C@@H](C)OC(=O)CCC/C=C\C)NC(=O)C[C@@H](C)O)NC(=O)C[C@@H](C)O. The molecule has 0 aliphatic heterocycles. The first-order valence-corrected chi connectivity index (χ1v) is 26.0. The van der Waals surface area contributed by atoms with Gasteiger partial charge in [0.1, 0.15) is 18.6 Å². The molecule has 4 unspecified atom stereocenters. The van der Waals surface area contributed by atoms with Crippen molar-refractivity contribution in [1.82, 2.24) is 21.3 Å². The number of carbonyl (C=O) groups excluding carboxylic acids is 6. The Morgan fingerprint density at radius 1 is 0.551 bits per heavy atom. The lowest BCUT2D eigenvalue weighted by atomic mass is 10.2. The Hall–Kier alpha value is -3.64. The summed E-state index contributed by atoms with van der Waals surface area (Å²) in [5.41, 5.74) is 0. The van der Waals surface area contributed by atoms with Crippen molar-refractivity contribution in [2.75, 3.05) is 65.9 Å². The molecular formula is C43H78N4O20P2. The quantitative estimate of drug-likeness (QED) is 0.0143. The Kier molecular flexibility index (Phi) is 37.0. The standard InChI is InChI=1S/C43H78N4O20P2/c1-7-9-11-13-15-42(54)66-34(5)17-21-60-28-36(46-40(52)25-32(3)48)30-64-68(56,57)62-23-19-44-38(50)27-39(51)45-20-24-63-69(58,59)65-31-37(47-41(53)26-33(4)49)29-61-22-18-35(6)67-43(55)16-14-12-10-8-2/h7-10,32-37,48-49H,11-31H2,1-6H3,(H,44,50)(H,45,51)(H,46,52)(H,47,53)(H,56,57)(H,58,59)/b9-7-,10-8-/t32-,33-,34-,35-,36?,37?/m1/s1. The molecule has 0 bridgehead atoms. The number of hydrogen-bond acceptors (Lipinski definition) is 18. The molecule has 0 fully saturated rings. The van der Waals surface area contributed by atoms with Crippen LogP contribution in [-0.4, -0.2) is 158 Å². The molecule has 0 aliphatic rings. The number of ether oxygens (including phenoxy) is 4. The number of hydrogen-bond donors (Lipinski definition) is 8. The first-order valence-electron chi connectivity index (χ1n) is 23.0. The van der Waals surface area contributed by atoms with Crippen LogP contribution in [0.5, 0.6) is 0 Å². The van der Waals surface area contributed by atoms with Crippen molar-refractivity contribution in [3.05, 3.63) is 24.3 Å². The zero-order valence-electron chi connectivity index (χ0n) is 40.8. The molecule has 8 N–H and O–H groups in total. The summed E-state index contributed by atoms with van der Waals surface area (Å²) >= 11 is 0. The van der Waals surface area contributed by atoms with E-state index >= 15 is 0 Å². The van der Waals surface area contributed by atoms with Gasteiger partial charge in [-0.2, -0.15) is 0 Å². The Labute approximate surface area is 405 Å². The van der Waals surface area contributed by atoms with Gasteiger partial charge in [0.2, 0.25) is 23.6 Å². The van der Waals surface area contributed by atoms with E-state index in [1.807, 2.05) is 38.2 Å². The van der Waals surface area contributed by atoms with Gasteiger partial charge in [-0.25, -0.2) is 9.13 Å². The van der Waals surface area contributed by atoms with Crippen molar-refractivity contribution < 1.29 is 94.9 Å². The average molecular weight is 1030 g/mol. The van der Waals surface area contributed by atoms with Crippen molar-refractivity contribution in [1.29, 1.82) is 0 Å². The molecule has 26 heteroatoms. The Morgan fingerprint density at radius 2 is 0.928 bits per heavy atom. The van der Waals surface area contributed by atoms with Crippen LogP contribution in [0.15, 0.2) is 24.3 Å². The summed E-state index contributed by atoms with van der Waals surface area (Å²) in [6, 6.07) is -1.89. The van der Waals surface area contributed by atoms with E-state index in [1.54, 1.807) is 13.8 Å². The number of carbonyl (C=O) groups is 6. The number of unbranched alkanes of at least 4 members (excludes halogenated alkanes) is 2. The van der Waals surface area contributed by atoms with Gasteiger partial charge in [-0.3, -0.25) is 46.9 Å². The summed E-state index contributed by atoms with van der Waals surface area (Å²) in [6.45, 7) is 7.15. The summed E-state index contributed by atoms with van der Waals surface area (Å²) in [5, 5.41) is 28.8. The van der Waals surface area contributed by atoms with Gasteiger partial charge in [0.05, 0.1) is 90.0 Å². The number of esters is 2. The second-order valence-corrected chi connectivity index (χ2v) is 18.9. The smallest absolute Gasteiger partial charge is 0.463 e. The fourth-order valence-electron chi connectivity index (χ4n) is 5.49. The highest BCUT2D eigenvalue weighted by Crippen LogP contribution is 2.43. The number of amides is 4. The number of rotatable bonds is 42. The van der Waals surface area contributed by atoms with Gasteiger partial charge < -0.3 is 60.2 Å². The molecule has 0 saturated heterocycles. The molecule has 0 aromatic carbocycles. The minimum Gasteiger partial charge on any atom is -0.463 e. The summed E-state index contributed by atoms with van der Waals surface area (Å²) in [6.07, 6.45) is 7.73. The highest BCUT2D eigenvalue weighted by Gasteiger charge is 2.27. The predicted octanol–water partition coefficient (Wildman–Crippen LogP) is 2.56. The third-order valence-corrected chi connectivity index (χ3v) is 10.8. The van der Waals surface area contributed by atoms with E-state index in [9.17, 15) is 57.9 Å². The zero-order chi connectivity index (χ0) is 52.1. The molecule has 0 heterocycles. The number of aliphatic hydroxyl groups excluding tert-OH is 2. The van der Waals surface area contributed by atoms with E-state index < -0.39 is 109 Å². The highest BCUT2D eigenvalue weighted by molar-refractivity contribution is 7.47. The van der Waals surface area contributed by atoms with Gasteiger partial charge in [0.25, 0.3) is 0 Å².